The monoisotopic (exact) mass is 453 g/mol. The molecule has 3 aromatic heterocycles. The van der Waals surface area contributed by atoms with Crippen LogP contribution in [-0.2, 0) is 10.2 Å². The highest BCUT2D eigenvalue weighted by Gasteiger charge is 2.42. The molecule has 0 amide bonds. The van der Waals surface area contributed by atoms with E-state index in [1.807, 2.05) is 16.7 Å². The van der Waals surface area contributed by atoms with Crippen LogP contribution in [0.3, 0.4) is 0 Å². The minimum absolute atomic E-state index is 0.0267. The van der Waals surface area contributed by atoms with Crippen LogP contribution in [0.4, 0.5) is 8.78 Å². The van der Waals surface area contributed by atoms with Gasteiger partial charge in [-0.3, -0.25) is 4.40 Å². The molecule has 3 unspecified atom stereocenters. The van der Waals surface area contributed by atoms with Crippen molar-refractivity contribution in [1.29, 1.82) is 0 Å². The summed E-state index contributed by atoms with van der Waals surface area (Å²) >= 11 is 0. The fourth-order valence-electron chi connectivity index (χ4n) is 4.97. The largest absolute Gasteiger partial charge is 0.345 e. The molecule has 31 heavy (non-hydrogen) atoms. The summed E-state index contributed by atoms with van der Waals surface area (Å²) < 4.78 is 58.4. The molecule has 3 atom stereocenters. The number of aromatic nitrogens is 5. The van der Waals surface area contributed by atoms with Crippen LogP contribution in [0.1, 0.15) is 50.8 Å². The standard InChI is InChI=1S/C19H25F2N7O2S/c1-2-12-9-13(26-31(29,30)27-7-4-19(20,21)5-8-27)10-14(12)18-25-24-16-11-23-17-15(28(16)18)3-6-22-17/h3,6,11-14,22,26H,2,4-5,7-10H2,1H3. The molecule has 1 aliphatic heterocycles. The average Bonchev–Trinajstić information content (AvgIpc) is 3.43. The summed E-state index contributed by atoms with van der Waals surface area (Å²) in [5, 5.41) is 8.70. The first-order valence-electron chi connectivity index (χ1n) is 10.6. The van der Waals surface area contributed by atoms with E-state index in [4.69, 9.17) is 0 Å². The maximum Gasteiger partial charge on any atom is 0.279 e. The Balaban J connectivity index is 1.38. The van der Waals surface area contributed by atoms with E-state index in [1.54, 1.807) is 6.20 Å². The topological polar surface area (TPSA) is 108 Å². The Morgan fingerprint density at radius 1 is 1.26 bits per heavy atom. The molecule has 1 saturated heterocycles. The van der Waals surface area contributed by atoms with Gasteiger partial charge in [0.25, 0.3) is 16.1 Å². The fourth-order valence-corrected chi connectivity index (χ4v) is 6.39. The zero-order valence-electron chi connectivity index (χ0n) is 17.1. The van der Waals surface area contributed by atoms with Gasteiger partial charge in [-0.25, -0.2) is 13.8 Å². The molecule has 9 nitrogen and oxygen atoms in total. The van der Waals surface area contributed by atoms with Gasteiger partial charge in [-0.2, -0.15) is 17.4 Å². The zero-order valence-corrected chi connectivity index (χ0v) is 17.9. The van der Waals surface area contributed by atoms with Gasteiger partial charge < -0.3 is 4.98 Å². The molecule has 3 aromatic rings. The summed E-state index contributed by atoms with van der Waals surface area (Å²) in [6, 6.07) is 1.64. The van der Waals surface area contributed by atoms with Crippen LogP contribution >= 0.6 is 0 Å². The molecule has 2 aliphatic rings. The molecule has 2 fully saturated rings. The predicted molar refractivity (Wildman–Crippen MR) is 110 cm³/mol. The highest BCUT2D eigenvalue weighted by Crippen LogP contribution is 2.42. The maximum absolute atomic E-state index is 13.4. The number of alkyl halides is 2. The van der Waals surface area contributed by atoms with Crippen molar-refractivity contribution >= 4 is 27.0 Å². The lowest BCUT2D eigenvalue weighted by Crippen LogP contribution is -2.49. The third-order valence-corrected chi connectivity index (χ3v) is 8.30. The van der Waals surface area contributed by atoms with Gasteiger partial charge >= 0.3 is 0 Å². The number of rotatable bonds is 5. The van der Waals surface area contributed by atoms with Crippen LogP contribution in [0.2, 0.25) is 0 Å². The number of nitrogens with zero attached hydrogens (tertiary/aromatic N) is 5. The number of halogens is 2. The van der Waals surface area contributed by atoms with Crippen molar-refractivity contribution < 1.29 is 17.2 Å². The predicted octanol–water partition coefficient (Wildman–Crippen LogP) is 2.44. The Morgan fingerprint density at radius 3 is 2.77 bits per heavy atom. The summed E-state index contributed by atoms with van der Waals surface area (Å²) in [7, 11) is -3.82. The normalized spacial score (nSPS) is 27.4. The van der Waals surface area contributed by atoms with Gasteiger partial charge in [-0.15, -0.1) is 10.2 Å². The van der Waals surface area contributed by atoms with Gasteiger partial charge in [-0.1, -0.05) is 13.3 Å². The minimum atomic E-state index is -3.82. The first-order valence-corrected chi connectivity index (χ1v) is 12.0. The van der Waals surface area contributed by atoms with Crippen molar-refractivity contribution in [2.45, 2.75) is 56.9 Å². The first-order chi connectivity index (χ1) is 14.8. The summed E-state index contributed by atoms with van der Waals surface area (Å²) in [4.78, 5) is 7.43. The smallest absolute Gasteiger partial charge is 0.279 e. The van der Waals surface area contributed by atoms with E-state index in [2.05, 4.69) is 31.8 Å². The maximum atomic E-state index is 13.4. The van der Waals surface area contributed by atoms with Crippen LogP contribution in [0.15, 0.2) is 18.5 Å². The molecule has 0 bridgehead atoms. The van der Waals surface area contributed by atoms with Crippen LogP contribution in [0.5, 0.6) is 0 Å². The molecular weight excluding hydrogens is 428 g/mol. The van der Waals surface area contributed by atoms with Gasteiger partial charge in [0.15, 0.2) is 11.3 Å². The number of nitrogens with one attached hydrogen (secondary N) is 2. The van der Waals surface area contributed by atoms with Gasteiger partial charge in [-0.05, 0) is 24.8 Å². The van der Waals surface area contributed by atoms with E-state index in [9.17, 15) is 17.2 Å². The Kier molecular flexibility index (Phi) is 4.98. The summed E-state index contributed by atoms with van der Waals surface area (Å²) in [5.74, 6) is -1.73. The van der Waals surface area contributed by atoms with Crippen molar-refractivity contribution in [3.05, 3.63) is 24.3 Å². The van der Waals surface area contributed by atoms with Crippen molar-refractivity contribution in [3.63, 3.8) is 0 Å². The molecule has 168 valence electrons. The second-order valence-electron chi connectivity index (χ2n) is 8.54. The van der Waals surface area contributed by atoms with Crippen molar-refractivity contribution in [3.8, 4) is 0 Å². The quantitative estimate of drug-likeness (QED) is 0.617. The van der Waals surface area contributed by atoms with Crippen LogP contribution in [0, 0.1) is 5.92 Å². The number of hydrogen-bond acceptors (Lipinski definition) is 5. The lowest BCUT2D eigenvalue weighted by Gasteiger charge is -2.31. The molecule has 0 radical (unpaired) electrons. The third-order valence-electron chi connectivity index (χ3n) is 6.63. The minimum Gasteiger partial charge on any atom is -0.345 e. The molecule has 12 heteroatoms. The lowest BCUT2D eigenvalue weighted by molar-refractivity contribution is -0.0413. The molecule has 2 N–H and O–H groups in total. The molecule has 4 heterocycles. The number of aromatic amines is 1. The molecule has 1 aliphatic carbocycles. The number of fused-ring (bicyclic) bond motifs is 3. The Labute approximate surface area is 178 Å². The van der Waals surface area contributed by atoms with Gasteiger partial charge in [0.1, 0.15) is 5.82 Å². The lowest BCUT2D eigenvalue weighted by atomic mass is 9.93. The highest BCUT2D eigenvalue weighted by molar-refractivity contribution is 7.87. The number of H-pyrrole nitrogens is 1. The van der Waals surface area contributed by atoms with E-state index in [-0.39, 0.29) is 31.0 Å². The van der Waals surface area contributed by atoms with Crippen LogP contribution in [-0.4, -0.2) is 62.3 Å². The van der Waals surface area contributed by atoms with Crippen LogP contribution < -0.4 is 4.72 Å². The van der Waals surface area contributed by atoms with Gasteiger partial charge in [0.05, 0.1) is 11.7 Å². The molecule has 5 rings (SSSR count). The summed E-state index contributed by atoms with van der Waals surface area (Å²) in [6.07, 6.45) is 4.71. The molecule has 1 saturated carbocycles. The number of hydrogen-bond donors (Lipinski definition) is 2. The highest BCUT2D eigenvalue weighted by atomic mass is 32.2. The van der Waals surface area contributed by atoms with Gasteiger partial charge in [0, 0.05) is 44.1 Å². The van der Waals surface area contributed by atoms with E-state index >= 15 is 0 Å². The average molecular weight is 454 g/mol. The van der Waals surface area contributed by atoms with Crippen molar-refractivity contribution in [2.24, 2.45) is 5.92 Å². The molecular formula is C19H25F2N7O2S. The van der Waals surface area contributed by atoms with Crippen molar-refractivity contribution in [2.75, 3.05) is 13.1 Å². The van der Waals surface area contributed by atoms with E-state index < -0.39 is 29.0 Å². The third kappa shape index (κ3) is 3.70. The zero-order chi connectivity index (χ0) is 21.8. The number of piperidine rings is 1. The molecule has 0 spiro atoms. The summed E-state index contributed by atoms with van der Waals surface area (Å²) in [5.41, 5.74) is 2.26. The van der Waals surface area contributed by atoms with E-state index in [0.29, 0.717) is 18.5 Å². The van der Waals surface area contributed by atoms with E-state index in [1.165, 1.54) is 0 Å². The second kappa shape index (κ2) is 7.45. The van der Waals surface area contributed by atoms with Gasteiger partial charge in [0.2, 0.25) is 0 Å². The SMILES string of the molecule is CCC1CC(NS(=O)(=O)N2CCC(F)(F)CC2)CC1c1nnc2cnc3[nH]ccc3n12. The second-order valence-corrected chi connectivity index (χ2v) is 10.2. The Morgan fingerprint density at radius 2 is 2.03 bits per heavy atom. The Hall–Kier alpha value is -2.18. The first kappa shape index (κ1) is 20.7. The van der Waals surface area contributed by atoms with E-state index in [0.717, 1.165) is 27.7 Å². The molecule has 0 aromatic carbocycles. The van der Waals surface area contributed by atoms with Crippen LogP contribution in [0.25, 0.3) is 16.8 Å². The van der Waals surface area contributed by atoms with Crippen molar-refractivity contribution in [1.82, 2.24) is 33.6 Å². The fraction of sp³-hybridized carbons (Fsp3) is 0.632. The Bertz CT molecular complexity index is 1200. The summed E-state index contributed by atoms with van der Waals surface area (Å²) in [6.45, 7) is 1.75.